The van der Waals surface area contributed by atoms with E-state index < -0.39 is 0 Å². The first-order valence-electron chi connectivity index (χ1n) is 7.35. The zero-order valence-corrected chi connectivity index (χ0v) is 13.9. The maximum Gasteiger partial charge on any atom is 0.267 e. The zero-order chi connectivity index (χ0) is 17.4. The Kier molecular flexibility index (Phi) is 6.19. The van der Waals surface area contributed by atoms with Gasteiger partial charge in [-0.1, -0.05) is 29.4 Å². The fraction of sp³-hybridized carbons (Fsp3) is 0.222. The Hall–Kier alpha value is -3.02. The van der Waals surface area contributed by atoms with Gasteiger partial charge in [0.15, 0.2) is 18.1 Å². The smallest absolute Gasteiger partial charge is 0.267 e. The summed E-state index contributed by atoms with van der Waals surface area (Å²) in [4.78, 5) is 18.7. The lowest BCUT2D eigenvalue weighted by molar-refractivity contribution is -0.122. The van der Waals surface area contributed by atoms with Gasteiger partial charge in [-0.2, -0.15) is 0 Å². The van der Waals surface area contributed by atoms with E-state index in [1.807, 2.05) is 42.5 Å². The predicted molar refractivity (Wildman–Crippen MR) is 92.9 cm³/mol. The summed E-state index contributed by atoms with van der Waals surface area (Å²) in [6.45, 7) is -0.159. The minimum atomic E-state index is -0.198. The molecular weight excluding hydrogens is 308 g/mol. The normalized spacial score (nSPS) is 10.5. The van der Waals surface area contributed by atoms with E-state index in [-0.39, 0.29) is 12.5 Å². The summed E-state index contributed by atoms with van der Waals surface area (Å²) in [6.07, 6.45) is 1.48. The molecular formula is C18H20N2O4. The van der Waals surface area contributed by atoms with Gasteiger partial charge in [-0.05, 0) is 24.3 Å². The van der Waals surface area contributed by atoms with Crippen LogP contribution in [-0.4, -0.2) is 40.0 Å². The standard InChI is InChI=1S/C18H20N2O4/c1-20(15-9-5-4-6-10-15)17(21)13-24-19-12-14-8-7-11-16(22-2)18(14)23-3/h4-12H,13H2,1-3H3. The number of para-hydroxylation sites is 2. The first kappa shape index (κ1) is 17.3. The number of ether oxygens (including phenoxy) is 2. The van der Waals surface area contributed by atoms with Crippen molar-refractivity contribution in [1.82, 2.24) is 0 Å². The summed E-state index contributed by atoms with van der Waals surface area (Å²) in [7, 11) is 4.80. The van der Waals surface area contributed by atoms with Gasteiger partial charge in [0, 0.05) is 18.3 Å². The first-order valence-corrected chi connectivity index (χ1v) is 7.35. The van der Waals surface area contributed by atoms with Crippen LogP contribution in [0.4, 0.5) is 5.69 Å². The van der Waals surface area contributed by atoms with Crippen LogP contribution in [0.3, 0.4) is 0 Å². The molecule has 0 aliphatic rings. The topological polar surface area (TPSA) is 60.4 Å². The number of likely N-dealkylation sites (N-methyl/N-ethyl adjacent to an activating group) is 1. The average Bonchev–Trinajstić information content (AvgIpc) is 2.64. The van der Waals surface area contributed by atoms with E-state index in [4.69, 9.17) is 14.3 Å². The molecule has 0 aromatic heterocycles. The third-order valence-electron chi connectivity index (χ3n) is 3.41. The highest BCUT2D eigenvalue weighted by atomic mass is 16.6. The van der Waals surface area contributed by atoms with E-state index in [0.717, 1.165) is 5.69 Å². The molecule has 0 unspecified atom stereocenters. The minimum Gasteiger partial charge on any atom is -0.493 e. The predicted octanol–water partition coefficient (Wildman–Crippen LogP) is 2.72. The summed E-state index contributed by atoms with van der Waals surface area (Å²) in [6, 6.07) is 14.7. The van der Waals surface area contributed by atoms with Crippen LogP contribution in [0.15, 0.2) is 53.7 Å². The summed E-state index contributed by atoms with van der Waals surface area (Å²) in [5.74, 6) is 0.956. The molecule has 2 rings (SSSR count). The van der Waals surface area contributed by atoms with Crippen molar-refractivity contribution in [1.29, 1.82) is 0 Å². The number of methoxy groups -OCH3 is 2. The lowest BCUT2D eigenvalue weighted by Gasteiger charge is -2.16. The number of nitrogens with zero attached hydrogens (tertiary/aromatic N) is 2. The molecule has 0 aliphatic carbocycles. The molecule has 0 atom stereocenters. The molecule has 2 aromatic rings. The van der Waals surface area contributed by atoms with Gasteiger partial charge >= 0.3 is 0 Å². The number of carbonyl (C=O) groups is 1. The highest BCUT2D eigenvalue weighted by Crippen LogP contribution is 2.29. The van der Waals surface area contributed by atoms with Crippen molar-refractivity contribution in [3.63, 3.8) is 0 Å². The van der Waals surface area contributed by atoms with Crippen LogP contribution in [0.2, 0.25) is 0 Å². The molecule has 0 N–H and O–H groups in total. The second kappa shape index (κ2) is 8.57. The SMILES string of the molecule is COc1cccc(C=NOCC(=O)N(C)c2ccccc2)c1OC. The van der Waals surface area contributed by atoms with Crippen molar-refractivity contribution in [2.24, 2.45) is 5.16 Å². The Morgan fingerprint density at radius 2 is 1.83 bits per heavy atom. The summed E-state index contributed by atoms with van der Waals surface area (Å²) in [5, 5.41) is 3.83. The number of rotatable bonds is 7. The highest BCUT2D eigenvalue weighted by Gasteiger charge is 2.11. The maximum atomic E-state index is 12.1. The van der Waals surface area contributed by atoms with Crippen LogP contribution in [0.25, 0.3) is 0 Å². The van der Waals surface area contributed by atoms with Crippen LogP contribution < -0.4 is 14.4 Å². The number of anilines is 1. The number of oxime groups is 1. The Morgan fingerprint density at radius 1 is 1.08 bits per heavy atom. The molecule has 0 fully saturated rings. The lowest BCUT2D eigenvalue weighted by atomic mass is 10.2. The van der Waals surface area contributed by atoms with Gasteiger partial charge in [0.1, 0.15) is 0 Å². The third kappa shape index (κ3) is 4.25. The summed E-state index contributed by atoms with van der Waals surface area (Å²) in [5.41, 5.74) is 1.49. The van der Waals surface area contributed by atoms with Crippen LogP contribution in [0, 0.1) is 0 Å². The number of amides is 1. The molecule has 0 aliphatic heterocycles. The van der Waals surface area contributed by atoms with Gasteiger partial charge in [0.05, 0.1) is 20.4 Å². The van der Waals surface area contributed by atoms with E-state index in [0.29, 0.717) is 17.1 Å². The zero-order valence-electron chi connectivity index (χ0n) is 13.9. The first-order chi connectivity index (χ1) is 11.7. The molecule has 24 heavy (non-hydrogen) atoms. The molecule has 0 bridgehead atoms. The van der Waals surface area contributed by atoms with E-state index in [9.17, 15) is 4.79 Å². The largest absolute Gasteiger partial charge is 0.493 e. The number of hydrogen-bond acceptors (Lipinski definition) is 5. The highest BCUT2D eigenvalue weighted by molar-refractivity contribution is 5.93. The average molecular weight is 328 g/mol. The quantitative estimate of drug-likeness (QED) is 0.579. The second-order valence-corrected chi connectivity index (χ2v) is 4.88. The maximum absolute atomic E-state index is 12.1. The molecule has 0 spiro atoms. The van der Waals surface area contributed by atoms with Crippen LogP contribution in [0.1, 0.15) is 5.56 Å². The number of carbonyl (C=O) groups excluding carboxylic acids is 1. The Balaban J connectivity index is 1.94. The van der Waals surface area contributed by atoms with Crippen LogP contribution >= 0.6 is 0 Å². The molecule has 6 nitrogen and oxygen atoms in total. The summed E-state index contributed by atoms with van der Waals surface area (Å²) < 4.78 is 10.5. The third-order valence-corrected chi connectivity index (χ3v) is 3.41. The van der Waals surface area contributed by atoms with Crippen molar-refractivity contribution in [2.45, 2.75) is 0 Å². The minimum absolute atomic E-state index is 0.159. The Labute approximate surface area is 141 Å². The molecule has 0 heterocycles. The molecule has 2 aromatic carbocycles. The van der Waals surface area contributed by atoms with Crippen molar-refractivity contribution < 1.29 is 19.1 Å². The number of benzene rings is 2. The monoisotopic (exact) mass is 328 g/mol. The van der Waals surface area contributed by atoms with E-state index >= 15 is 0 Å². The van der Waals surface area contributed by atoms with Crippen molar-refractivity contribution >= 4 is 17.8 Å². The molecule has 0 saturated heterocycles. The van der Waals surface area contributed by atoms with Gasteiger partial charge in [0.2, 0.25) is 0 Å². The van der Waals surface area contributed by atoms with Gasteiger partial charge < -0.3 is 19.2 Å². The van der Waals surface area contributed by atoms with Gasteiger partial charge in [-0.3, -0.25) is 4.79 Å². The van der Waals surface area contributed by atoms with Crippen molar-refractivity contribution in [3.05, 3.63) is 54.1 Å². The molecule has 1 amide bonds. The van der Waals surface area contributed by atoms with Crippen LogP contribution in [-0.2, 0) is 9.63 Å². The molecule has 6 heteroatoms. The molecule has 0 radical (unpaired) electrons. The van der Waals surface area contributed by atoms with E-state index in [1.165, 1.54) is 11.1 Å². The van der Waals surface area contributed by atoms with Crippen LogP contribution in [0.5, 0.6) is 11.5 Å². The molecule has 126 valence electrons. The van der Waals surface area contributed by atoms with Crippen molar-refractivity contribution in [2.75, 3.05) is 32.8 Å². The molecule has 0 saturated carbocycles. The Morgan fingerprint density at radius 3 is 2.50 bits per heavy atom. The Bertz CT molecular complexity index is 701. The lowest BCUT2D eigenvalue weighted by Crippen LogP contribution is -2.29. The van der Waals surface area contributed by atoms with Gasteiger partial charge in [-0.15, -0.1) is 0 Å². The van der Waals surface area contributed by atoms with Gasteiger partial charge in [-0.25, -0.2) is 0 Å². The number of hydrogen-bond donors (Lipinski definition) is 0. The van der Waals surface area contributed by atoms with E-state index in [2.05, 4.69) is 5.16 Å². The van der Waals surface area contributed by atoms with Gasteiger partial charge in [0.25, 0.3) is 5.91 Å². The second-order valence-electron chi connectivity index (χ2n) is 4.88. The fourth-order valence-electron chi connectivity index (χ4n) is 2.09. The summed E-state index contributed by atoms with van der Waals surface area (Å²) >= 11 is 0. The van der Waals surface area contributed by atoms with E-state index in [1.54, 1.807) is 27.3 Å². The fourth-order valence-corrected chi connectivity index (χ4v) is 2.09. The van der Waals surface area contributed by atoms with Crippen molar-refractivity contribution in [3.8, 4) is 11.5 Å².